The molecular weight excluding hydrogens is 231 g/mol. The number of benzene rings is 1. The highest BCUT2D eigenvalue weighted by molar-refractivity contribution is 6.15. The number of hydrogen-bond donors (Lipinski definition) is 0. The fourth-order valence-corrected chi connectivity index (χ4v) is 2.68. The maximum Gasteiger partial charge on any atom is 0.256 e. The Hall–Kier alpha value is -1.71. The first-order chi connectivity index (χ1) is 8.75. The lowest BCUT2D eigenvalue weighted by molar-refractivity contribution is -0.119. The van der Waals surface area contributed by atoms with E-state index in [0.717, 1.165) is 31.4 Å². The maximum absolute atomic E-state index is 13.2. The number of carbonyl (C=O) groups is 1. The Kier molecular flexibility index (Phi) is 2.86. The number of hydrogen-bond acceptors (Lipinski definition) is 2. The molecule has 1 atom stereocenters. The van der Waals surface area contributed by atoms with Gasteiger partial charge in [-0.25, -0.2) is 9.40 Å². The minimum atomic E-state index is -0.340. The van der Waals surface area contributed by atoms with Gasteiger partial charge in [0.15, 0.2) is 0 Å². The molecule has 0 bridgehead atoms. The van der Waals surface area contributed by atoms with Crippen LogP contribution >= 0.6 is 0 Å². The lowest BCUT2D eigenvalue weighted by Gasteiger charge is -2.13. The zero-order valence-corrected chi connectivity index (χ0v) is 10.1. The molecule has 1 aliphatic carbocycles. The van der Waals surface area contributed by atoms with Crippen LogP contribution in [0, 0.1) is 11.7 Å². The Morgan fingerprint density at radius 1 is 1.28 bits per heavy atom. The first kappa shape index (κ1) is 11.4. The van der Waals surface area contributed by atoms with Crippen LogP contribution in [0.15, 0.2) is 29.4 Å². The fraction of sp³-hybridized carbons (Fsp3) is 0.429. The number of amides is 1. The van der Waals surface area contributed by atoms with Crippen molar-refractivity contribution in [1.29, 1.82) is 0 Å². The predicted molar refractivity (Wildman–Crippen MR) is 67.9 cm³/mol. The molecule has 18 heavy (non-hydrogen) atoms. The summed E-state index contributed by atoms with van der Waals surface area (Å²) in [6.07, 6.45) is 5.11. The van der Waals surface area contributed by atoms with E-state index in [0.29, 0.717) is 5.69 Å². The van der Waals surface area contributed by atoms with E-state index in [2.05, 4.69) is 5.10 Å². The average molecular weight is 246 g/mol. The van der Waals surface area contributed by atoms with Gasteiger partial charge in [-0.15, -0.1) is 0 Å². The Balaban J connectivity index is 1.93. The highest BCUT2D eigenvalue weighted by Gasteiger charge is 2.36. The van der Waals surface area contributed by atoms with E-state index >= 15 is 0 Å². The second-order valence-electron chi connectivity index (χ2n) is 4.87. The molecule has 1 unspecified atom stereocenters. The van der Waals surface area contributed by atoms with E-state index in [4.69, 9.17) is 0 Å². The number of hydrazone groups is 1. The van der Waals surface area contributed by atoms with Crippen molar-refractivity contribution >= 4 is 17.3 Å². The molecule has 2 aliphatic rings. The van der Waals surface area contributed by atoms with E-state index < -0.39 is 0 Å². The summed E-state index contributed by atoms with van der Waals surface area (Å²) in [7, 11) is 0. The second kappa shape index (κ2) is 4.52. The van der Waals surface area contributed by atoms with Crippen LogP contribution in [-0.2, 0) is 4.79 Å². The first-order valence-corrected chi connectivity index (χ1v) is 6.42. The molecule has 1 heterocycles. The number of anilines is 1. The first-order valence-electron chi connectivity index (χ1n) is 6.42. The summed E-state index contributed by atoms with van der Waals surface area (Å²) in [5.41, 5.74) is 1.50. The van der Waals surface area contributed by atoms with Crippen LogP contribution in [0.5, 0.6) is 0 Å². The second-order valence-corrected chi connectivity index (χ2v) is 4.87. The third-order valence-corrected chi connectivity index (χ3v) is 3.62. The van der Waals surface area contributed by atoms with Gasteiger partial charge >= 0.3 is 0 Å². The van der Waals surface area contributed by atoms with Crippen LogP contribution in [0.4, 0.5) is 10.1 Å². The van der Waals surface area contributed by atoms with Gasteiger partial charge in [0.1, 0.15) is 5.82 Å². The molecule has 1 aromatic carbocycles. The van der Waals surface area contributed by atoms with Crippen molar-refractivity contribution in [1.82, 2.24) is 0 Å². The molecule has 1 aromatic rings. The minimum Gasteiger partial charge on any atom is -0.272 e. The Morgan fingerprint density at radius 2 is 2.17 bits per heavy atom. The Labute approximate surface area is 105 Å². The van der Waals surface area contributed by atoms with Gasteiger partial charge in [-0.3, -0.25) is 4.79 Å². The van der Waals surface area contributed by atoms with Gasteiger partial charge in [-0.1, -0.05) is 18.9 Å². The van der Waals surface area contributed by atoms with Gasteiger partial charge in [0.05, 0.1) is 17.3 Å². The van der Waals surface area contributed by atoms with Crippen molar-refractivity contribution in [3.05, 3.63) is 30.1 Å². The topological polar surface area (TPSA) is 32.7 Å². The van der Waals surface area contributed by atoms with E-state index in [-0.39, 0.29) is 17.6 Å². The molecule has 1 saturated carbocycles. The maximum atomic E-state index is 13.2. The smallest absolute Gasteiger partial charge is 0.256 e. The van der Waals surface area contributed by atoms with Gasteiger partial charge in [0.2, 0.25) is 0 Å². The number of fused-ring (bicyclic) bond motifs is 1. The van der Waals surface area contributed by atoms with Crippen molar-refractivity contribution in [2.75, 3.05) is 5.01 Å². The molecular formula is C14H15FN2O. The molecule has 0 spiro atoms. The molecule has 0 N–H and O–H groups in total. The number of rotatable bonds is 1. The molecule has 0 radical (unpaired) electrons. The van der Waals surface area contributed by atoms with E-state index in [1.807, 2.05) is 0 Å². The minimum absolute atomic E-state index is 0.00231. The average Bonchev–Trinajstić information content (AvgIpc) is 2.55. The third-order valence-electron chi connectivity index (χ3n) is 3.62. The molecule has 0 saturated heterocycles. The Morgan fingerprint density at radius 3 is 3.00 bits per heavy atom. The summed E-state index contributed by atoms with van der Waals surface area (Å²) in [5.74, 6) is -0.416. The number of carbonyl (C=O) groups excluding carboxylic acids is 1. The highest BCUT2D eigenvalue weighted by atomic mass is 19.1. The molecule has 1 aliphatic heterocycles. The summed E-state index contributed by atoms with van der Waals surface area (Å²) in [5, 5.41) is 5.77. The van der Waals surface area contributed by atoms with Gasteiger partial charge in [0, 0.05) is 0 Å². The predicted octanol–water partition coefficient (Wildman–Crippen LogP) is 3.11. The summed E-state index contributed by atoms with van der Waals surface area (Å²) in [4.78, 5) is 12.3. The van der Waals surface area contributed by atoms with Gasteiger partial charge in [0.25, 0.3) is 5.91 Å². The summed E-state index contributed by atoms with van der Waals surface area (Å²) in [6, 6.07) is 6.05. The standard InChI is InChI=1S/C14H15FN2O/c15-10-5-4-6-11(9-10)17-14(18)12-7-2-1-3-8-13(12)16-17/h4-6,9,12H,1-3,7-8H2. The fourth-order valence-electron chi connectivity index (χ4n) is 2.68. The van der Waals surface area contributed by atoms with Crippen LogP contribution in [-0.4, -0.2) is 11.6 Å². The van der Waals surface area contributed by atoms with Crippen molar-refractivity contribution in [3.63, 3.8) is 0 Å². The molecule has 1 amide bonds. The number of nitrogens with zero attached hydrogens (tertiary/aromatic N) is 2. The lowest BCUT2D eigenvalue weighted by atomic mass is 9.98. The van der Waals surface area contributed by atoms with E-state index in [1.54, 1.807) is 12.1 Å². The summed E-state index contributed by atoms with van der Waals surface area (Å²) >= 11 is 0. The third kappa shape index (κ3) is 1.92. The lowest BCUT2D eigenvalue weighted by Crippen LogP contribution is -2.27. The zero-order chi connectivity index (χ0) is 12.5. The molecule has 94 valence electrons. The van der Waals surface area contributed by atoms with Gasteiger partial charge in [-0.05, 0) is 37.5 Å². The molecule has 3 rings (SSSR count). The quantitative estimate of drug-likeness (QED) is 0.749. The molecule has 4 heteroatoms. The highest BCUT2D eigenvalue weighted by Crippen LogP contribution is 2.31. The van der Waals surface area contributed by atoms with E-state index in [9.17, 15) is 9.18 Å². The van der Waals surface area contributed by atoms with Crippen molar-refractivity contribution < 1.29 is 9.18 Å². The number of halogens is 1. The molecule has 0 aromatic heterocycles. The Bertz CT molecular complexity index is 512. The van der Waals surface area contributed by atoms with Crippen LogP contribution in [0.25, 0.3) is 0 Å². The van der Waals surface area contributed by atoms with Crippen LogP contribution < -0.4 is 5.01 Å². The van der Waals surface area contributed by atoms with E-state index in [1.165, 1.54) is 23.6 Å². The molecule has 1 fully saturated rings. The molecule has 3 nitrogen and oxygen atoms in total. The SMILES string of the molecule is O=C1C2CCCCCC2=NN1c1cccc(F)c1. The normalized spacial score (nSPS) is 23.6. The van der Waals surface area contributed by atoms with Crippen LogP contribution in [0.2, 0.25) is 0 Å². The summed E-state index contributed by atoms with van der Waals surface area (Å²) in [6.45, 7) is 0. The van der Waals surface area contributed by atoms with Gasteiger partial charge in [-0.2, -0.15) is 5.10 Å². The van der Waals surface area contributed by atoms with Crippen LogP contribution in [0.3, 0.4) is 0 Å². The van der Waals surface area contributed by atoms with Crippen molar-refractivity contribution in [2.24, 2.45) is 11.0 Å². The van der Waals surface area contributed by atoms with Crippen molar-refractivity contribution in [2.45, 2.75) is 32.1 Å². The van der Waals surface area contributed by atoms with Gasteiger partial charge < -0.3 is 0 Å². The summed E-state index contributed by atoms with van der Waals surface area (Å²) < 4.78 is 13.2. The van der Waals surface area contributed by atoms with Crippen LogP contribution in [0.1, 0.15) is 32.1 Å². The van der Waals surface area contributed by atoms with Crippen molar-refractivity contribution in [3.8, 4) is 0 Å². The zero-order valence-electron chi connectivity index (χ0n) is 10.1. The monoisotopic (exact) mass is 246 g/mol. The largest absolute Gasteiger partial charge is 0.272 e.